The fourth-order valence-electron chi connectivity index (χ4n) is 3.84. The third-order valence-electron chi connectivity index (χ3n) is 6.07. The molecule has 0 aliphatic rings. The second-order valence-corrected chi connectivity index (χ2v) is 9.42. The number of carbonyl (C=O) groups excluding carboxylic acids is 1. The summed E-state index contributed by atoms with van der Waals surface area (Å²) in [5.41, 5.74) is -0.412. The number of thiophene rings is 1. The van der Waals surface area contributed by atoms with Gasteiger partial charge in [0.05, 0.1) is 11.3 Å². The van der Waals surface area contributed by atoms with E-state index in [1.54, 1.807) is 0 Å². The quantitative estimate of drug-likeness (QED) is 0.0885. The van der Waals surface area contributed by atoms with Crippen LogP contribution in [0.15, 0.2) is 36.1 Å². The van der Waals surface area contributed by atoms with Gasteiger partial charge >= 0.3 is 6.08 Å². The number of aromatic nitrogens is 4. The van der Waals surface area contributed by atoms with E-state index in [0.717, 1.165) is 35.8 Å². The van der Waals surface area contributed by atoms with Crippen molar-refractivity contribution in [3.05, 3.63) is 60.1 Å². The molecule has 1 N–H and O–H groups in total. The molecule has 4 aromatic rings. The average Bonchev–Trinajstić information content (AvgIpc) is 3.31. The SMILES string of the molecule is CCC(CC)C(=O)/C=C(\O)C(CC)CC.Fc1nc(-c2[c-]c3ccccc3s2)c2nc(F)c(F)nc2n1.[Ir]. The summed E-state index contributed by atoms with van der Waals surface area (Å²) in [6.45, 7) is 8.07. The number of nitrogens with zero attached hydrogens (tertiary/aromatic N) is 4. The molecule has 0 bridgehead atoms. The van der Waals surface area contributed by atoms with Gasteiger partial charge in [0.15, 0.2) is 11.4 Å². The van der Waals surface area contributed by atoms with Crippen molar-refractivity contribution in [1.29, 1.82) is 0 Å². The van der Waals surface area contributed by atoms with E-state index in [1.807, 2.05) is 52.0 Å². The molecule has 38 heavy (non-hydrogen) atoms. The number of ketones is 1. The molecule has 205 valence electrons. The van der Waals surface area contributed by atoms with E-state index < -0.39 is 18.0 Å². The van der Waals surface area contributed by atoms with Gasteiger partial charge in [0, 0.05) is 43.7 Å². The third kappa shape index (κ3) is 7.42. The van der Waals surface area contributed by atoms with Gasteiger partial charge < -0.3 is 5.11 Å². The van der Waals surface area contributed by atoms with E-state index in [4.69, 9.17) is 0 Å². The van der Waals surface area contributed by atoms with E-state index in [2.05, 4.69) is 26.0 Å². The van der Waals surface area contributed by atoms with E-state index in [0.29, 0.717) is 4.88 Å². The first-order valence-corrected chi connectivity index (χ1v) is 13.0. The fourth-order valence-corrected chi connectivity index (χ4v) is 4.84. The van der Waals surface area contributed by atoms with Crippen LogP contribution in [0.25, 0.3) is 31.8 Å². The first-order chi connectivity index (χ1) is 17.7. The van der Waals surface area contributed by atoms with Gasteiger partial charge in [0.2, 0.25) is 0 Å². The fraction of sp³-hybridized carbons (Fsp3) is 0.370. The number of fused-ring (bicyclic) bond motifs is 2. The van der Waals surface area contributed by atoms with Crippen molar-refractivity contribution in [1.82, 2.24) is 19.9 Å². The van der Waals surface area contributed by atoms with E-state index in [-0.39, 0.29) is 60.3 Å². The molecule has 0 atom stereocenters. The monoisotopic (exact) mass is 722 g/mol. The maximum Gasteiger partial charge on any atom is 0.301 e. The summed E-state index contributed by atoms with van der Waals surface area (Å²) in [7, 11) is 0. The molecule has 1 aromatic carbocycles. The Bertz CT molecular complexity index is 1390. The Labute approximate surface area is 236 Å². The van der Waals surface area contributed by atoms with Gasteiger partial charge in [0.1, 0.15) is 0 Å². The molecule has 0 fully saturated rings. The second-order valence-electron chi connectivity index (χ2n) is 8.37. The molecule has 0 amide bonds. The van der Waals surface area contributed by atoms with Gasteiger partial charge in [-0.05, 0) is 35.3 Å². The van der Waals surface area contributed by atoms with Crippen LogP contribution in [0.5, 0.6) is 0 Å². The van der Waals surface area contributed by atoms with Gasteiger partial charge in [-0.25, -0.2) is 21.3 Å². The zero-order valence-electron chi connectivity index (χ0n) is 21.4. The zero-order chi connectivity index (χ0) is 27.1. The van der Waals surface area contributed by atoms with Crippen LogP contribution in [0.2, 0.25) is 0 Å². The Hall–Kier alpha value is -2.75. The molecular weight excluding hydrogens is 694 g/mol. The maximum absolute atomic E-state index is 13.6. The van der Waals surface area contributed by atoms with E-state index >= 15 is 0 Å². The van der Waals surface area contributed by atoms with Gasteiger partial charge in [-0.15, -0.1) is 23.6 Å². The number of hydrogen-bond acceptors (Lipinski definition) is 7. The maximum atomic E-state index is 13.6. The van der Waals surface area contributed by atoms with Crippen LogP contribution in [0.4, 0.5) is 13.2 Å². The van der Waals surface area contributed by atoms with Crippen molar-refractivity contribution in [3.63, 3.8) is 0 Å². The van der Waals surface area contributed by atoms with Crippen molar-refractivity contribution in [3.8, 4) is 10.6 Å². The van der Waals surface area contributed by atoms with Crippen molar-refractivity contribution in [2.75, 3.05) is 0 Å². The van der Waals surface area contributed by atoms with Crippen molar-refractivity contribution < 1.29 is 43.2 Å². The molecule has 1 radical (unpaired) electrons. The summed E-state index contributed by atoms with van der Waals surface area (Å²) in [5, 5.41) is 10.6. The van der Waals surface area contributed by atoms with E-state index in [1.165, 1.54) is 17.4 Å². The summed E-state index contributed by atoms with van der Waals surface area (Å²) in [5.74, 6) is -2.27. The van der Waals surface area contributed by atoms with Crippen LogP contribution in [-0.4, -0.2) is 30.8 Å². The molecule has 0 spiro atoms. The summed E-state index contributed by atoms with van der Waals surface area (Å²) in [4.78, 5) is 25.9. The molecule has 0 saturated carbocycles. The minimum atomic E-state index is -1.43. The minimum Gasteiger partial charge on any atom is -0.512 e. The third-order valence-corrected chi connectivity index (χ3v) is 7.14. The predicted octanol–water partition coefficient (Wildman–Crippen LogP) is 7.39. The molecular formula is C27H28F3IrN4O2S-. The smallest absolute Gasteiger partial charge is 0.301 e. The second kappa shape index (κ2) is 14.4. The normalized spacial score (nSPS) is 11.6. The number of rotatable bonds is 8. The van der Waals surface area contributed by atoms with E-state index in [9.17, 15) is 23.1 Å². The van der Waals surface area contributed by atoms with Crippen LogP contribution in [0, 0.1) is 35.9 Å². The predicted molar refractivity (Wildman–Crippen MR) is 139 cm³/mol. The topological polar surface area (TPSA) is 88.9 Å². The standard InChI is InChI=1S/C14H4F3N4S.C13H24O2.Ir/c15-11-12(16)20-13-10(18-11)9(19-14(17)21-13)8-5-6-3-1-2-4-7(6)22-8;1-5-10(6-2)12(14)9-13(15)11(7-3)8-4;/h1-4H;9-11,14H,5-8H2,1-4H3;/q-1;;/b;12-9-;. The van der Waals surface area contributed by atoms with Crippen LogP contribution in [0.1, 0.15) is 53.4 Å². The Balaban J connectivity index is 0.000000282. The number of carbonyl (C=O) groups is 1. The number of aliphatic hydroxyl groups is 1. The van der Waals surface area contributed by atoms with Crippen molar-refractivity contribution >= 4 is 38.4 Å². The molecule has 6 nitrogen and oxygen atoms in total. The molecule has 11 heteroatoms. The Morgan fingerprint density at radius 3 is 2.16 bits per heavy atom. The van der Waals surface area contributed by atoms with Crippen LogP contribution < -0.4 is 0 Å². The Kier molecular flexibility index (Phi) is 11.9. The first kappa shape index (κ1) is 31.5. The number of hydrogen-bond donors (Lipinski definition) is 1. The van der Waals surface area contributed by atoms with Gasteiger partial charge in [-0.1, -0.05) is 39.8 Å². The average molecular weight is 722 g/mol. The van der Waals surface area contributed by atoms with Gasteiger partial charge in [0.25, 0.3) is 11.9 Å². The molecule has 0 saturated heterocycles. The summed E-state index contributed by atoms with van der Waals surface area (Å²) in [6, 6.07) is 10.4. The molecule has 3 aromatic heterocycles. The van der Waals surface area contributed by atoms with Crippen molar-refractivity contribution in [2.24, 2.45) is 11.8 Å². The number of benzene rings is 1. The zero-order valence-corrected chi connectivity index (χ0v) is 24.6. The molecule has 0 aliphatic carbocycles. The molecule has 3 heterocycles. The Morgan fingerprint density at radius 2 is 1.55 bits per heavy atom. The number of allylic oxidation sites excluding steroid dienone is 2. The largest absolute Gasteiger partial charge is 0.512 e. The van der Waals surface area contributed by atoms with Crippen LogP contribution in [-0.2, 0) is 24.9 Å². The number of halogens is 3. The number of aliphatic hydroxyl groups excluding tert-OH is 1. The minimum absolute atomic E-state index is 0. The first-order valence-electron chi connectivity index (χ1n) is 12.1. The summed E-state index contributed by atoms with van der Waals surface area (Å²) < 4.78 is 40.9. The van der Waals surface area contributed by atoms with Gasteiger partial charge in [-0.3, -0.25) is 4.79 Å². The summed E-state index contributed by atoms with van der Waals surface area (Å²) >= 11 is 1.29. The van der Waals surface area contributed by atoms with Crippen molar-refractivity contribution in [2.45, 2.75) is 53.4 Å². The summed E-state index contributed by atoms with van der Waals surface area (Å²) in [6.07, 6.45) is 3.82. The Morgan fingerprint density at radius 1 is 0.947 bits per heavy atom. The molecule has 4 rings (SSSR count). The molecule has 0 unspecified atom stereocenters. The van der Waals surface area contributed by atoms with Crippen LogP contribution in [0.3, 0.4) is 0 Å². The van der Waals surface area contributed by atoms with Gasteiger partial charge in [-0.2, -0.15) is 23.1 Å². The molecule has 0 aliphatic heterocycles. The van der Waals surface area contributed by atoms with Crippen LogP contribution >= 0.6 is 11.3 Å².